The topological polar surface area (TPSA) is 54.7 Å². The minimum atomic E-state index is 0.860. The Morgan fingerprint density at radius 2 is 2.04 bits per heavy atom. The van der Waals surface area contributed by atoms with Gasteiger partial charge in [0.05, 0.1) is 11.7 Å². The predicted molar refractivity (Wildman–Crippen MR) is 108 cm³/mol. The minimum absolute atomic E-state index is 0.860. The van der Waals surface area contributed by atoms with E-state index in [1.165, 1.54) is 27.1 Å². The summed E-state index contributed by atoms with van der Waals surface area (Å²) >= 11 is 1.75. The van der Waals surface area contributed by atoms with Gasteiger partial charge in [-0.1, -0.05) is 25.5 Å². The van der Waals surface area contributed by atoms with Gasteiger partial charge in [0.25, 0.3) is 0 Å². The van der Waals surface area contributed by atoms with E-state index in [4.69, 9.17) is 5.73 Å². The summed E-state index contributed by atoms with van der Waals surface area (Å²) in [4.78, 5) is 1.25. The zero-order valence-corrected chi connectivity index (χ0v) is 15.3. The van der Waals surface area contributed by atoms with E-state index in [2.05, 4.69) is 65.8 Å². The Hall–Kier alpha value is -2.59. The van der Waals surface area contributed by atoms with Crippen molar-refractivity contribution in [1.82, 2.24) is 10.2 Å². The fourth-order valence-corrected chi connectivity index (χ4v) is 4.39. The van der Waals surface area contributed by atoms with Gasteiger partial charge >= 0.3 is 0 Å². The van der Waals surface area contributed by atoms with Gasteiger partial charge in [-0.05, 0) is 65.2 Å². The van der Waals surface area contributed by atoms with Crippen LogP contribution in [-0.2, 0) is 6.42 Å². The van der Waals surface area contributed by atoms with Gasteiger partial charge in [0.15, 0.2) is 0 Å². The van der Waals surface area contributed by atoms with Crippen molar-refractivity contribution in [3.8, 4) is 21.6 Å². The number of thiophene rings is 1. The van der Waals surface area contributed by atoms with Gasteiger partial charge in [-0.3, -0.25) is 5.10 Å². The van der Waals surface area contributed by atoms with Crippen molar-refractivity contribution < 1.29 is 0 Å². The molecule has 0 aliphatic heterocycles. The van der Waals surface area contributed by atoms with Crippen molar-refractivity contribution in [3.05, 3.63) is 59.1 Å². The lowest BCUT2D eigenvalue weighted by molar-refractivity contribution is 0.923. The number of aryl methyl sites for hydroxylation is 2. The second-order valence-corrected chi connectivity index (χ2v) is 7.38. The molecule has 2 aromatic heterocycles. The van der Waals surface area contributed by atoms with Crippen LogP contribution in [0.3, 0.4) is 0 Å². The van der Waals surface area contributed by atoms with Crippen molar-refractivity contribution in [3.63, 3.8) is 0 Å². The molecule has 0 bridgehead atoms. The smallest absolute Gasteiger partial charge is 0.0650 e. The van der Waals surface area contributed by atoms with Crippen molar-refractivity contribution in [2.45, 2.75) is 26.7 Å². The van der Waals surface area contributed by atoms with Gasteiger partial charge in [0.1, 0.15) is 0 Å². The third-order valence-corrected chi connectivity index (χ3v) is 5.64. The van der Waals surface area contributed by atoms with E-state index in [1.54, 1.807) is 11.3 Å². The summed E-state index contributed by atoms with van der Waals surface area (Å²) in [6.07, 6.45) is 4.01. The molecule has 2 heterocycles. The molecule has 3 N–H and O–H groups in total. The molecule has 4 rings (SSSR count). The Morgan fingerprint density at radius 3 is 2.80 bits per heavy atom. The fraction of sp³-hybridized carbons (Fsp3) is 0.190. The van der Waals surface area contributed by atoms with Gasteiger partial charge in [0, 0.05) is 21.5 Å². The summed E-state index contributed by atoms with van der Waals surface area (Å²) in [7, 11) is 0. The average Bonchev–Trinajstić information content (AvgIpc) is 3.22. The van der Waals surface area contributed by atoms with Crippen LogP contribution in [0.5, 0.6) is 0 Å². The third kappa shape index (κ3) is 2.83. The number of nitrogens with one attached hydrogen (secondary N) is 1. The molecule has 0 spiro atoms. The van der Waals surface area contributed by atoms with Gasteiger partial charge in [-0.25, -0.2) is 0 Å². The van der Waals surface area contributed by atoms with E-state index in [-0.39, 0.29) is 0 Å². The van der Waals surface area contributed by atoms with Crippen LogP contribution in [0.2, 0.25) is 0 Å². The highest BCUT2D eigenvalue weighted by atomic mass is 32.1. The van der Waals surface area contributed by atoms with Crippen molar-refractivity contribution >= 4 is 27.9 Å². The van der Waals surface area contributed by atoms with Crippen LogP contribution < -0.4 is 5.73 Å². The predicted octanol–water partition coefficient (Wildman–Crippen LogP) is 5.80. The number of hydrogen-bond donors (Lipinski definition) is 2. The SMILES string of the molecule is CCCc1cc(N)c(-c2sccc2C)c(-c2ccc3[nH]ncc3c2)c1. The Balaban J connectivity index is 1.98. The second-order valence-electron chi connectivity index (χ2n) is 6.46. The van der Waals surface area contributed by atoms with Crippen molar-refractivity contribution in [1.29, 1.82) is 0 Å². The van der Waals surface area contributed by atoms with Crippen LogP contribution >= 0.6 is 11.3 Å². The number of H-pyrrole nitrogens is 1. The van der Waals surface area contributed by atoms with Crippen LogP contribution in [0, 0.1) is 6.92 Å². The van der Waals surface area contributed by atoms with Crippen LogP contribution in [0.15, 0.2) is 48.0 Å². The van der Waals surface area contributed by atoms with Crippen molar-refractivity contribution in [2.75, 3.05) is 5.73 Å². The molecular weight excluding hydrogens is 326 g/mol. The molecule has 0 radical (unpaired) electrons. The Kier molecular flexibility index (Phi) is 4.06. The first kappa shape index (κ1) is 15.9. The Labute approximate surface area is 151 Å². The lowest BCUT2D eigenvalue weighted by Gasteiger charge is -2.15. The first-order valence-corrected chi connectivity index (χ1v) is 9.45. The van der Waals surface area contributed by atoms with Gasteiger partial charge in [-0.2, -0.15) is 5.10 Å². The normalized spacial score (nSPS) is 11.3. The second kappa shape index (κ2) is 6.37. The Morgan fingerprint density at radius 1 is 1.16 bits per heavy atom. The summed E-state index contributed by atoms with van der Waals surface area (Å²) in [5.74, 6) is 0. The zero-order chi connectivity index (χ0) is 17.4. The number of rotatable bonds is 4. The van der Waals surface area contributed by atoms with Crippen LogP contribution in [-0.4, -0.2) is 10.2 Å². The quantitative estimate of drug-likeness (QED) is 0.458. The van der Waals surface area contributed by atoms with E-state index in [0.29, 0.717) is 0 Å². The molecule has 0 aliphatic carbocycles. The molecule has 0 aliphatic rings. The third-order valence-electron chi connectivity index (χ3n) is 4.61. The number of nitrogens with zero attached hydrogens (tertiary/aromatic N) is 1. The first-order chi connectivity index (χ1) is 12.2. The fourth-order valence-electron chi connectivity index (χ4n) is 3.38. The first-order valence-electron chi connectivity index (χ1n) is 8.57. The van der Waals surface area contributed by atoms with Crippen LogP contribution in [0.25, 0.3) is 32.5 Å². The summed E-state index contributed by atoms with van der Waals surface area (Å²) in [5.41, 5.74) is 14.5. The van der Waals surface area contributed by atoms with Gasteiger partial charge in [-0.15, -0.1) is 11.3 Å². The van der Waals surface area contributed by atoms with E-state index in [9.17, 15) is 0 Å². The highest BCUT2D eigenvalue weighted by Gasteiger charge is 2.16. The van der Waals surface area contributed by atoms with Gasteiger partial charge < -0.3 is 5.73 Å². The van der Waals surface area contributed by atoms with Crippen LogP contribution in [0.1, 0.15) is 24.5 Å². The molecule has 4 aromatic rings. The summed E-state index contributed by atoms with van der Waals surface area (Å²) in [6, 6.07) is 13.0. The Bertz CT molecular complexity index is 1040. The molecule has 0 atom stereocenters. The van der Waals surface area contributed by atoms with E-state index >= 15 is 0 Å². The van der Waals surface area contributed by atoms with Crippen molar-refractivity contribution in [2.24, 2.45) is 0 Å². The van der Waals surface area contributed by atoms with E-state index in [1.807, 2.05) is 6.20 Å². The highest BCUT2D eigenvalue weighted by molar-refractivity contribution is 7.13. The molecular formula is C21H21N3S. The number of anilines is 1. The minimum Gasteiger partial charge on any atom is -0.398 e. The summed E-state index contributed by atoms with van der Waals surface area (Å²) in [5, 5.41) is 10.4. The van der Waals surface area contributed by atoms with Gasteiger partial charge in [0.2, 0.25) is 0 Å². The number of fused-ring (bicyclic) bond motifs is 1. The molecule has 3 nitrogen and oxygen atoms in total. The van der Waals surface area contributed by atoms with E-state index in [0.717, 1.165) is 35.0 Å². The standard InChI is InChI=1S/C21H21N3S/c1-3-4-14-9-17(15-5-6-19-16(11-15)12-23-24-19)20(18(22)10-14)21-13(2)7-8-25-21/h5-12H,3-4,22H2,1-2H3,(H,23,24). The number of aromatic amines is 1. The summed E-state index contributed by atoms with van der Waals surface area (Å²) in [6.45, 7) is 4.35. The summed E-state index contributed by atoms with van der Waals surface area (Å²) < 4.78 is 0. The molecule has 0 saturated heterocycles. The highest BCUT2D eigenvalue weighted by Crippen LogP contribution is 2.42. The lowest BCUT2D eigenvalue weighted by atomic mass is 9.92. The molecule has 0 fully saturated rings. The number of hydrogen-bond acceptors (Lipinski definition) is 3. The zero-order valence-electron chi connectivity index (χ0n) is 14.5. The maximum Gasteiger partial charge on any atom is 0.0650 e. The molecule has 0 saturated carbocycles. The average molecular weight is 347 g/mol. The number of nitrogen functional groups attached to an aromatic ring is 1. The largest absolute Gasteiger partial charge is 0.398 e. The number of nitrogens with two attached hydrogens (primary N) is 1. The maximum atomic E-state index is 6.53. The van der Waals surface area contributed by atoms with E-state index < -0.39 is 0 Å². The molecule has 126 valence electrons. The molecule has 2 aromatic carbocycles. The molecule has 25 heavy (non-hydrogen) atoms. The van der Waals surface area contributed by atoms with Crippen LogP contribution in [0.4, 0.5) is 5.69 Å². The monoisotopic (exact) mass is 347 g/mol. The number of benzene rings is 2. The number of aromatic nitrogens is 2. The molecule has 4 heteroatoms. The molecule has 0 amide bonds. The lowest BCUT2D eigenvalue weighted by Crippen LogP contribution is -1.97. The maximum absolute atomic E-state index is 6.53. The molecule has 0 unspecified atom stereocenters.